The van der Waals surface area contributed by atoms with Crippen LogP contribution >= 0.6 is 11.3 Å². The minimum atomic E-state index is -0.0810. The summed E-state index contributed by atoms with van der Waals surface area (Å²) >= 11 is 1.59. The first-order valence-electron chi connectivity index (χ1n) is 6.41. The van der Waals surface area contributed by atoms with Crippen LogP contribution in [-0.2, 0) is 0 Å². The van der Waals surface area contributed by atoms with Gasteiger partial charge in [-0.1, -0.05) is 0 Å². The quantitative estimate of drug-likeness (QED) is 0.890. The second kappa shape index (κ2) is 6.54. The molecule has 0 spiro atoms. The molecule has 0 unspecified atom stereocenters. The summed E-state index contributed by atoms with van der Waals surface area (Å²) < 4.78 is 5.39. The van der Waals surface area contributed by atoms with E-state index in [0.717, 1.165) is 22.6 Å². The topological polar surface area (TPSA) is 64.3 Å². The maximum Gasteiger partial charge on any atom is 0.256 e. The summed E-state index contributed by atoms with van der Waals surface area (Å²) in [5, 5.41) is 4.77. The molecule has 0 aliphatic carbocycles. The van der Waals surface area contributed by atoms with Crippen molar-refractivity contribution in [3.8, 4) is 5.75 Å². The summed E-state index contributed by atoms with van der Waals surface area (Å²) in [6, 6.07) is 7.27. The number of rotatable bonds is 5. The Hall–Kier alpha value is -1.85. The lowest BCUT2D eigenvalue weighted by atomic mass is 10.1. The fraction of sp³-hybridized carbons (Fsp3) is 0.267. The third-order valence-corrected chi connectivity index (χ3v) is 4.04. The van der Waals surface area contributed by atoms with E-state index in [2.05, 4.69) is 5.32 Å². The van der Waals surface area contributed by atoms with Gasteiger partial charge in [0.05, 0.1) is 5.56 Å². The highest BCUT2D eigenvalue weighted by molar-refractivity contribution is 7.10. The first kappa shape index (κ1) is 14.6. The Morgan fingerprint density at radius 2 is 2.00 bits per heavy atom. The minimum Gasteiger partial charge on any atom is -0.492 e. The molecule has 1 aromatic heterocycles. The highest BCUT2D eigenvalue weighted by Crippen LogP contribution is 2.22. The molecule has 5 heteroatoms. The van der Waals surface area contributed by atoms with E-state index in [-0.39, 0.29) is 5.91 Å². The molecule has 106 valence electrons. The summed E-state index contributed by atoms with van der Waals surface area (Å²) in [4.78, 5) is 13.3. The Morgan fingerprint density at radius 3 is 2.55 bits per heavy atom. The second-order valence-corrected chi connectivity index (χ2v) is 5.53. The average molecular weight is 290 g/mol. The fourth-order valence-corrected chi connectivity index (χ4v) is 2.61. The zero-order valence-electron chi connectivity index (χ0n) is 11.6. The molecule has 0 radical (unpaired) electrons. The van der Waals surface area contributed by atoms with E-state index in [1.54, 1.807) is 11.3 Å². The zero-order valence-corrected chi connectivity index (χ0v) is 12.4. The number of carbonyl (C=O) groups is 1. The van der Waals surface area contributed by atoms with Crippen LogP contribution in [0.15, 0.2) is 29.6 Å². The maximum absolute atomic E-state index is 12.2. The van der Waals surface area contributed by atoms with Gasteiger partial charge >= 0.3 is 0 Å². The van der Waals surface area contributed by atoms with E-state index in [1.165, 1.54) is 4.88 Å². The smallest absolute Gasteiger partial charge is 0.256 e. The average Bonchev–Trinajstić information content (AvgIpc) is 2.78. The van der Waals surface area contributed by atoms with Crippen molar-refractivity contribution in [2.45, 2.75) is 13.8 Å². The van der Waals surface area contributed by atoms with Gasteiger partial charge in [-0.3, -0.25) is 4.79 Å². The third-order valence-electron chi connectivity index (χ3n) is 3.03. The maximum atomic E-state index is 12.2. The molecule has 0 saturated heterocycles. The Balaban J connectivity index is 2.03. The molecule has 0 bridgehead atoms. The van der Waals surface area contributed by atoms with Crippen molar-refractivity contribution in [3.63, 3.8) is 0 Å². The number of aryl methyl sites for hydroxylation is 1. The summed E-state index contributed by atoms with van der Waals surface area (Å²) in [6.45, 7) is 4.94. The number of ether oxygens (including phenoxy) is 1. The number of anilines is 1. The van der Waals surface area contributed by atoms with Gasteiger partial charge in [-0.2, -0.15) is 0 Å². The van der Waals surface area contributed by atoms with Crippen LogP contribution in [0.3, 0.4) is 0 Å². The zero-order chi connectivity index (χ0) is 14.5. The molecular weight excluding hydrogens is 272 g/mol. The molecule has 0 aliphatic heterocycles. The Bertz CT molecular complexity index is 590. The van der Waals surface area contributed by atoms with Gasteiger partial charge in [0.25, 0.3) is 5.91 Å². The Kier molecular flexibility index (Phi) is 4.76. The first-order chi connectivity index (χ1) is 9.61. The predicted octanol–water partition coefficient (Wildman–Crippen LogP) is 2.95. The number of thiophene rings is 1. The van der Waals surface area contributed by atoms with Crippen molar-refractivity contribution in [1.82, 2.24) is 0 Å². The molecule has 20 heavy (non-hydrogen) atoms. The Labute approximate surface area is 122 Å². The van der Waals surface area contributed by atoms with Gasteiger partial charge in [0.2, 0.25) is 0 Å². The molecule has 2 aromatic rings. The van der Waals surface area contributed by atoms with Gasteiger partial charge in [0, 0.05) is 22.5 Å². The van der Waals surface area contributed by atoms with Crippen LogP contribution in [0.2, 0.25) is 0 Å². The molecule has 0 fully saturated rings. The largest absolute Gasteiger partial charge is 0.492 e. The fourth-order valence-electron chi connectivity index (χ4n) is 1.75. The second-order valence-electron chi connectivity index (χ2n) is 4.45. The normalized spacial score (nSPS) is 10.3. The highest BCUT2D eigenvalue weighted by Gasteiger charge is 2.12. The molecule has 3 N–H and O–H groups in total. The molecule has 4 nitrogen and oxygen atoms in total. The summed E-state index contributed by atoms with van der Waals surface area (Å²) in [5.41, 5.74) is 7.89. The van der Waals surface area contributed by atoms with Crippen LogP contribution in [0.4, 0.5) is 5.69 Å². The molecule has 0 saturated carbocycles. The van der Waals surface area contributed by atoms with Crippen molar-refractivity contribution in [1.29, 1.82) is 0 Å². The lowest BCUT2D eigenvalue weighted by molar-refractivity contribution is 0.102. The molecule has 1 amide bonds. The van der Waals surface area contributed by atoms with E-state index in [9.17, 15) is 4.79 Å². The molecule has 2 rings (SSSR count). The lowest BCUT2D eigenvalue weighted by Crippen LogP contribution is -2.12. The lowest BCUT2D eigenvalue weighted by Gasteiger charge is -2.07. The summed E-state index contributed by atoms with van der Waals surface area (Å²) in [6.07, 6.45) is 0. The molecule has 0 aliphatic rings. The number of hydrogen-bond acceptors (Lipinski definition) is 4. The van der Waals surface area contributed by atoms with Gasteiger partial charge in [-0.25, -0.2) is 0 Å². The minimum absolute atomic E-state index is 0.0810. The van der Waals surface area contributed by atoms with Gasteiger partial charge in [0.1, 0.15) is 12.4 Å². The Morgan fingerprint density at radius 1 is 1.30 bits per heavy atom. The van der Waals surface area contributed by atoms with E-state index in [0.29, 0.717) is 13.2 Å². The molecule has 1 heterocycles. The van der Waals surface area contributed by atoms with Crippen LogP contribution in [0.25, 0.3) is 0 Å². The van der Waals surface area contributed by atoms with Crippen LogP contribution in [0.5, 0.6) is 5.75 Å². The first-order valence-corrected chi connectivity index (χ1v) is 7.28. The van der Waals surface area contributed by atoms with Crippen molar-refractivity contribution in [2.24, 2.45) is 5.73 Å². The molecule has 1 aromatic carbocycles. The van der Waals surface area contributed by atoms with E-state index < -0.39 is 0 Å². The molecule has 0 atom stereocenters. The van der Waals surface area contributed by atoms with Gasteiger partial charge < -0.3 is 15.8 Å². The van der Waals surface area contributed by atoms with Gasteiger partial charge in [-0.15, -0.1) is 11.3 Å². The predicted molar refractivity (Wildman–Crippen MR) is 82.7 cm³/mol. The number of nitrogens with two attached hydrogens (primary N) is 1. The van der Waals surface area contributed by atoms with Crippen molar-refractivity contribution in [3.05, 3.63) is 45.6 Å². The van der Waals surface area contributed by atoms with Crippen LogP contribution in [0, 0.1) is 13.8 Å². The van der Waals surface area contributed by atoms with E-state index >= 15 is 0 Å². The highest BCUT2D eigenvalue weighted by atomic mass is 32.1. The number of carbonyl (C=O) groups excluding carboxylic acids is 1. The van der Waals surface area contributed by atoms with Crippen LogP contribution in [0.1, 0.15) is 20.8 Å². The number of nitrogens with one attached hydrogen (secondary N) is 1. The van der Waals surface area contributed by atoms with Crippen molar-refractivity contribution < 1.29 is 9.53 Å². The summed E-state index contributed by atoms with van der Waals surface area (Å²) in [7, 11) is 0. The van der Waals surface area contributed by atoms with Crippen LogP contribution in [-0.4, -0.2) is 19.1 Å². The number of hydrogen-bond donors (Lipinski definition) is 2. The monoisotopic (exact) mass is 290 g/mol. The SMILES string of the molecule is Cc1scc(C(=O)Nc2ccc(OCCN)cc2)c1C. The number of benzene rings is 1. The van der Waals surface area contributed by atoms with Gasteiger partial charge in [-0.05, 0) is 43.7 Å². The van der Waals surface area contributed by atoms with Crippen molar-refractivity contribution in [2.75, 3.05) is 18.5 Å². The summed E-state index contributed by atoms with van der Waals surface area (Å²) in [5.74, 6) is 0.665. The number of amides is 1. The standard InChI is InChI=1S/C15H18N2O2S/c1-10-11(2)20-9-14(10)15(18)17-12-3-5-13(6-4-12)19-8-7-16/h3-6,9H,7-8,16H2,1-2H3,(H,17,18). The van der Waals surface area contributed by atoms with Crippen LogP contribution < -0.4 is 15.8 Å². The van der Waals surface area contributed by atoms with E-state index in [4.69, 9.17) is 10.5 Å². The van der Waals surface area contributed by atoms with Gasteiger partial charge in [0.15, 0.2) is 0 Å². The van der Waals surface area contributed by atoms with E-state index in [1.807, 2.05) is 43.5 Å². The van der Waals surface area contributed by atoms with Crippen molar-refractivity contribution >= 4 is 22.9 Å². The molecular formula is C15H18N2O2S. The third kappa shape index (κ3) is 3.37.